The van der Waals surface area contributed by atoms with Gasteiger partial charge in [-0.05, 0) is 62.4 Å². The number of hydrogen-bond donors (Lipinski definition) is 0. The van der Waals surface area contributed by atoms with Crippen molar-refractivity contribution in [1.29, 1.82) is 0 Å². The standard InChI is InChI=1S/C17H20O/c1-11-9-10-14(4)17(15(11)5)18-16-12(2)7-6-8-13(16)3/h6-10H,1-5H3. The molecule has 1 heteroatoms. The van der Waals surface area contributed by atoms with Crippen molar-refractivity contribution >= 4 is 0 Å². The van der Waals surface area contributed by atoms with E-state index in [1.54, 1.807) is 0 Å². The minimum absolute atomic E-state index is 0.981. The summed E-state index contributed by atoms with van der Waals surface area (Å²) in [5.41, 5.74) is 6.02. The molecule has 94 valence electrons. The zero-order valence-electron chi connectivity index (χ0n) is 11.8. The molecule has 0 aromatic heterocycles. The van der Waals surface area contributed by atoms with Gasteiger partial charge in [-0.1, -0.05) is 30.3 Å². The van der Waals surface area contributed by atoms with Gasteiger partial charge < -0.3 is 4.74 Å². The number of aryl methyl sites for hydroxylation is 4. The Morgan fingerprint density at radius 2 is 1.11 bits per heavy atom. The van der Waals surface area contributed by atoms with E-state index in [2.05, 4.69) is 65.0 Å². The van der Waals surface area contributed by atoms with E-state index in [-0.39, 0.29) is 0 Å². The normalized spacial score (nSPS) is 10.5. The van der Waals surface area contributed by atoms with Gasteiger partial charge >= 0.3 is 0 Å². The van der Waals surface area contributed by atoms with Crippen LogP contribution in [0, 0.1) is 34.6 Å². The lowest BCUT2D eigenvalue weighted by molar-refractivity contribution is 0.467. The number of rotatable bonds is 2. The summed E-state index contributed by atoms with van der Waals surface area (Å²) in [7, 11) is 0. The summed E-state index contributed by atoms with van der Waals surface area (Å²) < 4.78 is 6.18. The van der Waals surface area contributed by atoms with Crippen LogP contribution in [0.5, 0.6) is 11.5 Å². The third-order valence-electron chi connectivity index (χ3n) is 3.49. The van der Waals surface area contributed by atoms with Crippen LogP contribution in [0.2, 0.25) is 0 Å². The number of para-hydroxylation sites is 1. The van der Waals surface area contributed by atoms with Crippen molar-refractivity contribution in [3.8, 4) is 11.5 Å². The van der Waals surface area contributed by atoms with E-state index in [0.717, 1.165) is 11.5 Å². The van der Waals surface area contributed by atoms with E-state index in [0.29, 0.717) is 0 Å². The van der Waals surface area contributed by atoms with Crippen molar-refractivity contribution in [3.63, 3.8) is 0 Å². The van der Waals surface area contributed by atoms with Crippen LogP contribution in [-0.4, -0.2) is 0 Å². The zero-order chi connectivity index (χ0) is 13.3. The lowest BCUT2D eigenvalue weighted by Crippen LogP contribution is -1.96. The number of hydrogen-bond acceptors (Lipinski definition) is 1. The lowest BCUT2D eigenvalue weighted by Gasteiger charge is -2.16. The molecule has 0 unspecified atom stereocenters. The van der Waals surface area contributed by atoms with Crippen molar-refractivity contribution in [3.05, 3.63) is 58.1 Å². The molecule has 2 aromatic rings. The predicted octanol–water partition coefficient (Wildman–Crippen LogP) is 5.02. The maximum Gasteiger partial charge on any atom is 0.133 e. The third-order valence-corrected chi connectivity index (χ3v) is 3.49. The molecule has 18 heavy (non-hydrogen) atoms. The zero-order valence-corrected chi connectivity index (χ0v) is 11.8. The van der Waals surface area contributed by atoms with Crippen molar-refractivity contribution < 1.29 is 4.74 Å². The van der Waals surface area contributed by atoms with Gasteiger partial charge in [-0.25, -0.2) is 0 Å². The van der Waals surface area contributed by atoms with Gasteiger partial charge in [0, 0.05) is 0 Å². The fourth-order valence-electron chi connectivity index (χ4n) is 2.14. The van der Waals surface area contributed by atoms with Crippen LogP contribution in [0.25, 0.3) is 0 Å². The van der Waals surface area contributed by atoms with Gasteiger partial charge in [-0.2, -0.15) is 0 Å². The highest BCUT2D eigenvalue weighted by molar-refractivity contribution is 5.49. The second-order valence-electron chi connectivity index (χ2n) is 4.98. The van der Waals surface area contributed by atoms with Crippen molar-refractivity contribution in [1.82, 2.24) is 0 Å². The Bertz CT molecular complexity index is 562. The van der Waals surface area contributed by atoms with Gasteiger partial charge in [-0.3, -0.25) is 0 Å². The first kappa shape index (κ1) is 12.7. The Morgan fingerprint density at radius 3 is 1.72 bits per heavy atom. The molecule has 0 amide bonds. The quantitative estimate of drug-likeness (QED) is 0.716. The first-order chi connectivity index (χ1) is 8.50. The largest absolute Gasteiger partial charge is 0.456 e. The number of benzene rings is 2. The molecule has 0 aliphatic heterocycles. The Balaban J connectivity index is 2.50. The van der Waals surface area contributed by atoms with Gasteiger partial charge in [0.25, 0.3) is 0 Å². The molecule has 0 saturated heterocycles. The molecule has 0 aliphatic rings. The smallest absolute Gasteiger partial charge is 0.133 e. The van der Waals surface area contributed by atoms with E-state index in [9.17, 15) is 0 Å². The van der Waals surface area contributed by atoms with E-state index in [1.807, 2.05) is 0 Å². The molecular weight excluding hydrogens is 220 g/mol. The van der Waals surface area contributed by atoms with Crippen LogP contribution < -0.4 is 4.74 Å². The summed E-state index contributed by atoms with van der Waals surface area (Å²) in [6.45, 7) is 10.5. The molecule has 0 fully saturated rings. The van der Waals surface area contributed by atoms with E-state index in [1.165, 1.54) is 27.8 Å². The minimum Gasteiger partial charge on any atom is -0.456 e. The van der Waals surface area contributed by atoms with Crippen molar-refractivity contribution in [2.75, 3.05) is 0 Å². The Morgan fingerprint density at radius 1 is 0.611 bits per heavy atom. The molecule has 0 atom stereocenters. The maximum absolute atomic E-state index is 6.18. The molecule has 0 N–H and O–H groups in total. The maximum atomic E-state index is 6.18. The topological polar surface area (TPSA) is 9.23 Å². The Kier molecular flexibility index (Phi) is 3.42. The lowest BCUT2D eigenvalue weighted by atomic mass is 10.0. The summed E-state index contributed by atoms with van der Waals surface area (Å²) in [4.78, 5) is 0. The van der Waals surface area contributed by atoms with Crippen LogP contribution in [0.3, 0.4) is 0 Å². The van der Waals surface area contributed by atoms with E-state index in [4.69, 9.17) is 4.74 Å². The summed E-state index contributed by atoms with van der Waals surface area (Å²) in [6.07, 6.45) is 0. The average Bonchev–Trinajstić information content (AvgIpc) is 2.33. The third kappa shape index (κ3) is 2.26. The molecular formula is C17H20O. The molecule has 0 aliphatic carbocycles. The van der Waals surface area contributed by atoms with Crippen molar-refractivity contribution in [2.24, 2.45) is 0 Å². The van der Waals surface area contributed by atoms with Crippen LogP contribution in [0.1, 0.15) is 27.8 Å². The molecule has 0 bridgehead atoms. The Labute approximate surface area is 109 Å². The van der Waals surface area contributed by atoms with Crippen LogP contribution in [-0.2, 0) is 0 Å². The van der Waals surface area contributed by atoms with Crippen LogP contribution in [0.4, 0.5) is 0 Å². The molecule has 0 saturated carbocycles. The van der Waals surface area contributed by atoms with Crippen LogP contribution >= 0.6 is 0 Å². The molecule has 1 nitrogen and oxygen atoms in total. The first-order valence-corrected chi connectivity index (χ1v) is 6.31. The van der Waals surface area contributed by atoms with Gasteiger partial charge in [-0.15, -0.1) is 0 Å². The summed E-state index contributed by atoms with van der Waals surface area (Å²) in [6, 6.07) is 10.5. The molecule has 2 aromatic carbocycles. The SMILES string of the molecule is Cc1ccc(C)c(Oc2c(C)cccc2C)c1C. The van der Waals surface area contributed by atoms with Crippen LogP contribution in [0.15, 0.2) is 30.3 Å². The second-order valence-corrected chi connectivity index (χ2v) is 4.98. The average molecular weight is 240 g/mol. The molecule has 0 spiro atoms. The highest BCUT2D eigenvalue weighted by Crippen LogP contribution is 2.33. The monoisotopic (exact) mass is 240 g/mol. The van der Waals surface area contributed by atoms with E-state index < -0.39 is 0 Å². The molecule has 0 heterocycles. The van der Waals surface area contributed by atoms with Gasteiger partial charge in [0.15, 0.2) is 0 Å². The highest BCUT2D eigenvalue weighted by atomic mass is 16.5. The van der Waals surface area contributed by atoms with Crippen molar-refractivity contribution in [2.45, 2.75) is 34.6 Å². The summed E-state index contributed by atoms with van der Waals surface area (Å²) in [5, 5.41) is 0. The molecule has 0 radical (unpaired) electrons. The van der Waals surface area contributed by atoms with Gasteiger partial charge in [0.05, 0.1) is 0 Å². The van der Waals surface area contributed by atoms with Gasteiger partial charge in [0.1, 0.15) is 11.5 Å². The predicted molar refractivity (Wildman–Crippen MR) is 76.6 cm³/mol. The van der Waals surface area contributed by atoms with E-state index >= 15 is 0 Å². The minimum atomic E-state index is 0.981. The first-order valence-electron chi connectivity index (χ1n) is 6.31. The summed E-state index contributed by atoms with van der Waals surface area (Å²) in [5.74, 6) is 1.97. The highest BCUT2D eigenvalue weighted by Gasteiger charge is 2.10. The molecule has 2 rings (SSSR count). The second kappa shape index (κ2) is 4.85. The fraction of sp³-hybridized carbons (Fsp3) is 0.294. The number of ether oxygens (including phenoxy) is 1. The summed E-state index contributed by atoms with van der Waals surface area (Å²) >= 11 is 0. The van der Waals surface area contributed by atoms with Gasteiger partial charge in [0.2, 0.25) is 0 Å². The Hall–Kier alpha value is -1.76. The fourth-order valence-corrected chi connectivity index (χ4v) is 2.14.